The van der Waals surface area contributed by atoms with Gasteiger partial charge in [-0.05, 0) is 64.8 Å². The van der Waals surface area contributed by atoms with Crippen molar-refractivity contribution >= 4 is 45.0 Å². The second-order valence-electron chi connectivity index (χ2n) is 4.29. The maximum atomic E-state index is 5.89. The van der Waals surface area contributed by atoms with Crippen molar-refractivity contribution < 1.29 is 4.74 Å². The van der Waals surface area contributed by atoms with Gasteiger partial charge in [0.05, 0.1) is 11.1 Å². The van der Waals surface area contributed by atoms with Gasteiger partial charge in [0.1, 0.15) is 5.75 Å². The van der Waals surface area contributed by atoms with E-state index in [-0.39, 0.29) is 0 Å². The molecular weight excluding hydrogens is 358 g/mol. The Morgan fingerprint density at radius 1 is 1.25 bits per heavy atom. The van der Waals surface area contributed by atoms with E-state index >= 15 is 0 Å². The number of hydrogen-bond donors (Lipinski definition) is 1. The third-order valence-electron chi connectivity index (χ3n) is 2.74. The summed E-state index contributed by atoms with van der Waals surface area (Å²) in [5.74, 6) is 1.68. The number of aryl methyl sites for hydroxylation is 1. The summed E-state index contributed by atoms with van der Waals surface area (Å²) in [6.45, 7) is 2.65. The normalized spacial score (nSPS) is 10.6. The van der Waals surface area contributed by atoms with Crippen LogP contribution in [0.2, 0.25) is 5.02 Å². The highest BCUT2D eigenvalue weighted by atomic mass is 79.9. The number of nitrogen functional groups attached to an aromatic ring is 1. The van der Waals surface area contributed by atoms with Crippen LogP contribution in [0.15, 0.2) is 45.8 Å². The standard InChI is InChI=1S/C15H15BrClNOS/c1-10-8-12(3-4-14(10)18)20-7-6-19-15-5-2-11(17)9-13(15)16/h2-5,8-9H,6-7,18H2,1H3. The van der Waals surface area contributed by atoms with Gasteiger partial charge in [-0.25, -0.2) is 0 Å². The molecule has 106 valence electrons. The molecule has 0 bridgehead atoms. The van der Waals surface area contributed by atoms with Gasteiger partial charge >= 0.3 is 0 Å². The van der Waals surface area contributed by atoms with E-state index in [2.05, 4.69) is 22.0 Å². The van der Waals surface area contributed by atoms with Gasteiger partial charge in [0.25, 0.3) is 0 Å². The molecule has 0 aliphatic rings. The molecular formula is C15H15BrClNOS. The van der Waals surface area contributed by atoms with Crippen molar-refractivity contribution in [2.75, 3.05) is 18.1 Å². The molecule has 0 saturated heterocycles. The molecule has 5 heteroatoms. The zero-order valence-electron chi connectivity index (χ0n) is 11.0. The average Bonchev–Trinajstić information content (AvgIpc) is 2.40. The predicted octanol–water partition coefficient (Wildman–Crippen LogP) is 5.16. The molecule has 0 amide bonds. The summed E-state index contributed by atoms with van der Waals surface area (Å²) in [5, 5.41) is 0.691. The molecule has 0 atom stereocenters. The second kappa shape index (κ2) is 7.25. The molecule has 2 aromatic carbocycles. The van der Waals surface area contributed by atoms with Gasteiger partial charge in [0.2, 0.25) is 0 Å². The highest BCUT2D eigenvalue weighted by Crippen LogP contribution is 2.28. The third-order valence-corrected chi connectivity index (χ3v) is 4.56. The summed E-state index contributed by atoms with van der Waals surface area (Å²) >= 11 is 11.1. The minimum atomic E-state index is 0.633. The molecule has 2 nitrogen and oxygen atoms in total. The van der Waals surface area contributed by atoms with Crippen LogP contribution >= 0.6 is 39.3 Å². The van der Waals surface area contributed by atoms with Crippen LogP contribution in [0.3, 0.4) is 0 Å². The maximum absolute atomic E-state index is 5.89. The summed E-state index contributed by atoms with van der Waals surface area (Å²) in [5.41, 5.74) is 7.74. The van der Waals surface area contributed by atoms with Crippen molar-refractivity contribution in [1.29, 1.82) is 0 Å². The molecule has 2 rings (SSSR count). The van der Waals surface area contributed by atoms with E-state index in [1.165, 1.54) is 4.90 Å². The Morgan fingerprint density at radius 2 is 2.05 bits per heavy atom. The predicted molar refractivity (Wildman–Crippen MR) is 91.0 cm³/mol. The summed E-state index contributed by atoms with van der Waals surface area (Å²) in [6.07, 6.45) is 0. The summed E-state index contributed by atoms with van der Waals surface area (Å²) in [7, 11) is 0. The first-order valence-corrected chi connectivity index (χ1v) is 8.28. The van der Waals surface area contributed by atoms with Gasteiger partial charge in [-0.3, -0.25) is 0 Å². The van der Waals surface area contributed by atoms with Crippen molar-refractivity contribution in [3.8, 4) is 5.75 Å². The van der Waals surface area contributed by atoms with Crippen LogP contribution in [0.25, 0.3) is 0 Å². The first-order chi connectivity index (χ1) is 9.56. The average molecular weight is 373 g/mol. The largest absolute Gasteiger partial charge is 0.492 e. The Kier molecular flexibility index (Phi) is 5.64. The van der Waals surface area contributed by atoms with Crippen molar-refractivity contribution in [3.63, 3.8) is 0 Å². The molecule has 2 N–H and O–H groups in total. The molecule has 0 spiro atoms. The molecule has 0 aromatic heterocycles. The first-order valence-electron chi connectivity index (χ1n) is 6.13. The molecule has 20 heavy (non-hydrogen) atoms. The molecule has 0 fully saturated rings. The number of anilines is 1. The minimum absolute atomic E-state index is 0.633. The summed E-state index contributed by atoms with van der Waals surface area (Å²) in [4.78, 5) is 1.20. The van der Waals surface area contributed by atoms with Gasteiger partial charge in [0, 0.05) is 21.4 Å². The quantitative estimate of drug-likeness (QED) is 0.447. The zero-order valence-corrected chi connectivity index (χ0v) is 14.2. The lowest BCUT2D eigenvalue weighted by molar-refractivity contribution is 0.342. The topological polar surface area (TPSA) is 35.2 Å². The number of halogens is 2. The molecule has 0 aliphatic heterocycles. The van der Waals surface area contributed by atoms with Crippen molar-refractivity contribution in [2.45, 2.75) is 11.8 Å². The van der Waals surface area contributed by atoms with Gasteiger partial charge < -0.3 is 10.5 Å². The van der Waals surface area contributed by atoms with Crippen molar-refractivity contribution in [3.05, 3.63) is 51.5 Å². The fraction of sp³-hybridized carbons (Fsp3) is 0.200. The fourth-order valence-corrected chi connectivity index (χ4v) is 3.27. The lowest BCUT2D eigenvalue weighted by Gasteiger charge is -2.09. The Hall–Kier alpha value is -0.840. The maximum Gasteiger partial charge on any atom is 0.133 e. The van der Waals surface area contributed by atoms with E-state index in [9.17, 15) is 0 Å². The lowest BCUT2D eigenvalue weighted by Crippen LogP contribution is -2.00. The van der Waals surface area contributed by atoms with E-state index in [0.717, 1.165) is 27.2 Å². The highest BCUT2D eigenvalue weighted by Gasteiger charge is 2.02. The van der Waals surface area contributed by atoms with Crippen LogP contribution in [0.1, 0.15) is 5.56 Å². The Morgan fingerprint density at radius 3 is 2.75 bits per heavy atom. The fourth-order valence-electron chi connectivity index (χ4n) is 1.64. The first kappa shape index (κ1) is 15.5. The van der Waals surface area contributed by atoms with Gasteiger partial charge in [-0.1, -0.05) is 11.6 Å². The molecule has 0 aliphatic carbocycles. The van der Waals surface area contributed by atoms with E-state index < -0.39 is 0 Å². The SMILES string of the molecule is Cc1cc(SCCOc2ccc(Cl)cc2Br)ccc1N. The number of thioether (sulfide) groups is 1. The van der Waals surface area contributed by atoms with E-state index in [1.54, 1.807) is 11.8 Å². The van der Waals surface area contributed by atoms with Crippen molar-refractivity contribution in [2.24, 2.45) is 0 Å². The number of benzene rings is 2. The third kappa shape index (κ3) is 4.33. The van der Waals surface area contributed by atoms with Gasteiger partial charge in [-0.15, -0.1) is 11.8 Å². The lowest BCUT2D eigenvalue weighted by atomic mass is 10.2. The monoisotopic (exact) mass is 371 g/mol. The van der Waals surface area contributed by atoms with Crippen LogP contribution in [-0.2, 0) is 0 Å². The van der Waals surface area contributed by atoms with E-state index in [4.69, 9.17) is 22.1 Å². The van der Waals surface area contributed by atoms with E-state index in [0.29, 0.717) is 11.6 Å². The van der Waals surface area contributed by atoms with E-state index in [1.807, 2.05) is 37.3 Å². The van der Waals surface area contributed by atoms with Crippen LogP contribution in [0.5, 0.6) is 5.75 Å². The molecule has 2 aromatic rings. The zero-order chi connectivity index (χ0) is 14.5. The van der Waals surface area contributed by atoms with Gasteiger partial charge in [-0.2, -0.15) is 0 Å². The van der Waals surface area contributed by atoms with Gasteiger partial charge in [0.15, 0.2) is 0 Å². The van der Waals surface area contributed by atoms with Crippen LogP contribution < -0.4 is 10.5 Å². The smallest absolute Gasteiger partial charge is 0.133 e. The minimum Gasteiger partial charge on any atom is -0.492 e. The molecule has 0 heterocycles. The number of nitrogens with two attached hydrogens (primary N) is 1. The van der Waals surface area contributed by atoms with Crippen LogP contribution in [0, 0.1) is 6.92 Å². The summed E-state index contributed by atoms with van der Waals surface area (Å²) < 4.78 is 6.59. The summed E-state index contributed by atoms with van der Waals surface area (Å²) in [6, 6.07) is 11.6. The molecule has 0 radical (unpaired) electrons. The Labute approximate surface area is 136 Å². The second-order valence-corrected chi connectivity index (χ2v) is 6.75. The van der Waals surface area contributed by atoms with Crippen molar-refractivity contribution in [1.82, 2.24) is 0 Å². The Balaban J connectivity index is 1.82. The number of rotatable bonds is 5. The molecule has 0 saturated carbocycles. The Bertz CT molecular complexity index is 606. The van der Waals surface area contributed by atoms with Crippen LogP contribution in [-0.4, -0.2) is 12.4 Å². The van der Waals surface area contributed by atoms with Crippen LogP contribution in [0.4, 0.5) is 5.69 Å². The molecule has 0 unspecified atom stereocenters. The number of hydrogen-bond acceptors (Lipinski definition) is 3. The number of ether oxygens (including phenoxy) is 1. The highest BCUT2D eigenvalue weighted by molar-refractivity contribution is 9.10.